The van der Waals surface area contributed by atoms with E-state index in [-0.39, 0.29) is 42.5 Å². The molecule has 0 aromatic heterocycles. The van der Waals surface area contributed by atoms with E-state index in [1.165, 1.54) is 0 Å². The summed E-state index contributed by atoms with van der Waals surface area (Å²) >= 11 is 0. The van der Waals surface area contributed by atoms with Gasteiger partial charge in [0.05, 0.1) is 12.7 Å². The number of nitrogens with one attached hydrogen (secondary N) is 4. The number of piperidine rings is 1. The van der Waals surface area contributed by atoms with Crippen LogP contribution in [0.15, 0.2) is 0 Å². The van der Waals surface area contributed by atoms with E-state index in [2.05, 4.69) is 26.2 Å². The first kappa shape index (κ1) is 33.1. The molecule has 6 N–H and O–H groups in total. The lowest BCUT2D eigenvalue weighted by molar-refractivity contribution is -0.154. The Morgan fingerprint density at radius 1 is 0.857 bits per heavy atom. The maximum Gasteiger partial charge on any atom is 0.325 e. The van der Waals surface area contributed by atoms with E-state index in [9.17, 15) is 14.4 Å². The maximum absolute atomic E-state index is 12.6. The summed E-state index contributed by atoms with van der Waals surface area (Å²) in [6.45, 7) is 11.0. The van der Waals surface area contributed by atoms with Crippen LogP contribution in [0.1, 0.15) is 85.0 Å². The minimum Gasteiger partial charge on any atom is -0.459 e. The van der Waals surface area contributed by atoms with Crippen LogP contribution in [0.2, 0.25) is 0 Å². The minimum absolute atomic E-state index is 0.0116. The number of carbonyl (C=O) groups excluding carboxylic acids is 3. The highest BCUT2D eigenvalue weighted by Crippen LogP contribution is 2.34. The van der Waals surface area contributed by atoms with Gasteiger partial charge >= 0.3 is 5.97 Å². The second kappa shape index (κ2) is 15.8. The SMILES string of the molecule is CC(C)(C)OC(=O)CNC(=O)C1CCC(C2CNC(NC3CCC(OCCN4CCC(C(N)=O)CC4)CC3)NC2)CC1. The lowest BCUT2D eigenvalue weighted by atomic mass is 9.75. The van der Waals surface area contributed by atoms with Gasteiger partial charge in [-0.3, -0.25) is 30.3 Å². The minimum atomic E-state index is -0.542. The predicted molar refractivity (Wildman–Crippen MR) is 161 cm³/mol. The molecule has 4 rings (SSSR count). The van der Waals surface area contributed by atoms with Crippen LogP contribution in [0.4, 0.5) is 0 Å². The number of hydrogen-bond donors (Lipinski definition) is 5. The second-order valence-corrected chi connectivity index (χ2v) is 14.0. The van der Waals surface area contributed by atoms with Crippen LogP contribution in [0.5, 0.6) is 0 Å². The van der Waals surface area contributed by atoms with Gasteiger partial charge in [0.2, 0.25) is 11.8 Å². The van der Waals surface area contributed by atoms with Crippen molar-refractivity contribution in [3.05, 3.63) is 0 Å². The van der Waals surface area contributed by atoms with Crippen LogP contribution in [-0.2, 0) is 23.9 Å². The number of nitrogens with two attached hydrogens (primary N) is 1. The molecule has 2 aliphatic carbocycles. The van der Waals surface area contributed by atoms with Gasteiger partial charge in [-0.1, -0.05) is 0 Å². The summed E-state index contributed by atoms with van der Waals surface area (Å²) in [4.78, 5) is 38.2. The highest BCUT2D eigenvalue weighted by atomic mass is 16.6. The van der Waals surface area contributed by atoms with Crippen molar-refractivity contribution in [3.8, 4) is 0 Å². The summed E-state index contributed by atoms with van der Waals surface area (Å²) in [6, 6.07) is 0.494. The van der Waals surface area contributed by atoms with Crippen molar-refractivity contribution in [1.29, 1.82) is 0 Å². The zero-order valence-corrected chi connectivity index (χ0v) is 26.1. The molecule has 0 atom stereocenters. The highest BCUT2D eigenvalue weighted by Gasteiger charge is 2.34. The molecule has 2 saturated carbocycles. The number of ether oxygens (including phenoxy) is 2. The summed E-state index contributed by atoms with van der Waals surface area (Å²) in [5.41, 5.74) is 4.90. The zero-order chi connectivity index (χ0) is 30.1. The average molecular weight is 593 g/mol. The first-order valence-corrected chi connectivity index (χ1v) is 16.4. The van der Waals surface area contributed by atoms with E-state index >= 15 is 0 Å². The fraction of sp³-hybridized carbons (Fsp3) is 0.903. The molecule has 11 nitrogen and oxygen atoms in total. The average Bonchev–Trinajstić information content (AvgIpc) is 2.97. The van der Waals surface area contributed by atoms with Crippen LogP contribution in [0, 0.1) is 23.7 Å². The summed E-state index contributed by atoms with van der Waals surface area (Å²) in [7, 11) is 0. The molecule has 0 radical (unpaired) electrons. The van der Waals surface area contributed by atoms with Gasteiger partial charge in [-0.15, -0.1) is 0 Å². The molecule has 0 aromatic rings. The van der Waals surface area contributed by atoms with Crippen LogP contribution in [-0.4, -0.2) is 92.6 Å². The fourth-order valence-corrected chi connectivity index (χ4v) is 7.09. The van der Waals surface area contributed by atoms with Crippen molar-refractivity contribution in [3.63, 3.8) is 0 Å². The molecule has 4 fully saturated rings. The molecule has 240 valence electrons. The molecule has 0 aromatic carbocycles. The van der Waals surface area contributed by atoms with Crippen LogP contribution in [0.3, 0.4) is 0 Å². The Labute approximate surface area is 252 Å². The van der Waals surface area contributed by atoms with Crippen LogP contribution >= 0.6 is 0 Å². The van der Waals surface area contributed by atoms with E-state index in [4.69, 9.17) is 15.2 Å². The Kier molecular flexibility index (Phi) is 12.4. The van der Waals surface area contributed by atoms with Crippen molar-refractivity contribution in [2.75, 3.05) is 45.9 Å². The van der Waals surface area contributed by atoms with Gasteiger partial charge in [0.1, 0.15) is 18.4 Å². The summed E-state index contributed by atoms with van der Waals surface area (Å²) in [5.74, 6) is 0.647. The van der Waals surface area contributed by atoms with Crippen LogP contribution < -0.4 is 27.0 Å². The Hall–Kier alpha value is -1.79. The van der Waals surface area contributed by atoms with Gasteiger partial charge < -0.3 is 25.4 Å². The monoisotopic (exact) mass is 592 g/mol. The van der Waals surface area contributed by atoms with Crippen molar-refractivity contribution in [2.24, 2.45) is 29.4 Å². The third-order valence-corrected chi connectivity index (χ3v) is 9.63. The first-order valence-electron chi connectivity index (χ1n) is 16.4. The van der Waals surface area contributed by atoms with Gasteiger partial charge in [0.15, 0.2) is 0 Å². The fourth-order valence-electron chi connectivity index (χ4n) is 7.09. The molecule has 42 heavy (non-hydrogen) atoms. The van der Waals surface area contributed by atoms with E-state index in [0.29, 0.717) is 24.0 Å². The summed E-state index contributed by atoms with van der Waals surface area (Å²) in [5, 5.41) is 13.9. The van der Waals surface area contributed by atoms with Gasteiger partial charge in [-0.25, -0.2) is 0 Å². The van der Waals surface area contributed by atoms with Gasteiger partial charge in [0.25, 0.3) is 0 Å². The molecule has 2 heterocycles. The van der Waals surface area contributed by atoms with Crippen molar-refractivity contribution >= 4 is 17.8 Å². The Balaban J connectivity index is 1.03. The number of carbonyl (C=O) groups is 3. The van der Waals surface area contributed by atoms with Crippen LogP contribution in [0.25, 0.3) is 0 Å². The number of amides is 2. The van der Waals surface area contributed by atoms with Gasteiger partial charge in [-0.05, 0) is 110 Å². The Morgan fingerprint density at radius 2 is 1.50 bits per heavy atom. The van der Waals surface area contributed by atoms with E-state index in [0.717, 1.165) is 104 Å². The molecule has 0 spiro atoms. The third-order valence-electron chi connectivity index (χ3n) is 9.63. The Bertz CT molecular complexity index is 866. The molecule has 0 bridgehead atoms. The molecule has 2 amide bonds. The van der Waals surface area contributed by atoms with E-state index in [1.807, 2.05) is 20.8 Å². The quantitative estimate of drug-likeness (QED) is 0.225. The summed E-state index contributed by atoms with van der Waals surface area (Å²) in [6.07, 6.45) is 10.5. The Morgan fingerprint density at radius 3 is 2.10 bits per heavy atom. The van der Waals surface area contributed by atoms with Gasteiger partial charge in [-0.2, -0.15) is 0 Å². The van der Waals surface area contributed by atoms with Gasteiger partial charge in [0, 0.05) is 37.5 Å². The third kappa shape index (κ3) is 10.7. The first-order chi connectivity index (χ1) is 20.1. The normalized spacial score (nSPS) is 31.8. The smallest absolute Gasteiger partial charge is 0.325 e. The zero-order valence-electron chi connectivity index (χ0n) is 26.1. The van der Waals surface area contributed by atoms with Crippen molar-refractivity contribution in [2.45, 2.75) is 109 Å². The molecular formula is C31H56N6O5. The molecule has 2 aliphatic heterocycles. The number of nitrogens with zero attached hydrogens (tertiary/aromatic N) is 1. The standard InChI is InChI=1S/C31H56N6O5/c1-31(2,3)42-27(38)20-33-29(40)23-6-4-21(5-7-23)24-18-34-30(35-19-24)36-25-8-10-26(11-9-25)41-17-16-37-14-12-22(13-15-37)28(32)39/h21-26,30,34-36H,4-20H2,1-3H3,(H2,32,39)(H,33,40). The topological polar surface area (TPSA) is 147 Å². The molecular weight excluding hydrogens is 536 g/mol. The van der Waals surface area contributed by atoms with Crippen molar-refractivity contribution in [1.82, 2.24) is 26.2 Å². The number of primary amides is 1. The number of hydrogen-bond acceptors (Lipinski definition) is 9. The predicted octanol–water partition coefficient (Wildman–Crippen LogP) is 1.46. The number of likely N-dealkylation sites (tertiary alicyclic amines) is 1. The number of rotatable bonds is 11. The molecule has 0 unspecified atom stereocenters. The van der Waals surface area contributed by atoms with E-state index < -0.39 is 5.60 Å². The molecule has 11 heteroatoms. The molecule has 4 aliphatic rings. The van der Waals surface area contributed by atoms with E-state index in [1.54, 1.807) is 0 Å². The molecule has 2 saturated heterocycles. The second-order valence-electron chi connectivity index (χ2n) is 14.0. The highest BCUT2D eigenvalue weighted by molar-refractivity contribution is 5.83. The largest absolute Gasteiger partial charge is 0.459 e. The lowest BCUT2D eigenvalue weighted by Gasteiger charge is -2.40. The number of esters is 1. The van der Waals surface area contributed by atoms with Crippen molar-refractivity contribution < 1.29 is 23.9 Å². The maximum atomic E-state index is 12.6. The summed E-state index contributed by atoms with van der Waals surface area (Å²) < 4.78 is 11.5. The lowest BCUT2D eigenvalue weighted by Crippen LogP contribution is -2.63.